The zero-order chi connectivity index (χ0) is 12.7. The number of aliphatic hydroxyl groups is 1. The Kier molecular flexibility index (Phi) is 7.34. The van der Waals surface area contributed by atoms with E-state index in [-0.39, 0.29) is 11.8 Å². The molecule has 0 bridgehead atoms. The molecule has 0 fully saturated rings. The van der Waals surface area contributed by atoms with E-state index in [1.165, 1.54) is 0 Å². The molecule has 96 valence electrons. The average molecular weight is 230 g/mol. The van der Waals surface area contributed by atoms with Crippen LogP contribution in [0.1, 0.15) is 40.5 Å². The summed E-state index contributed by atoms with van der Waals surface area (Å²) in [5, 5.41) is 12.3. The minimum atomic E-state index is -0.479. The Morgan fingerprint density at radius 2 is 1.94 bits per heavy atom. The van der Waals surface area contributed by atoms with Crippen LogP contribution in [0.15, 0.2) is 0 Å². The molecule has 4 N–H and O–H groups in total. The van der Waals surface area contributed by atoms with Crippen LogP contribution < -0.4 is 11.1 Å². The molecule has 0 aromatic carbocycles. The van der Waals surface area contributed by atoms with Gasteiger partial charge in [0.2, 0.25) is 5.91 Å². The lowest BCUT2D eigenvalue weighted by Gasteiger charge is -2.19. The zero-order valence-corrected chi connectivity index (χ0v) is 10.9. The lowest BCUT2D eigenvalue weighted by molar-refractivity contribution is -0.123. The van der Waals surface area contributed by atoms with Crippen LogP contribution in [0.3, 0.4) is 0 Å². The largest absolute Gasteiger partial charge is 0.391 e. The summed E-state index contributed by atoms with van der Waals surface area (Å²) in [7, 11) is 0. The van der Waals surface area contributed by atoms with Gasteiger partial charge in [-0.25, -0.2) is 0 Å². The molecule has 0 spiro atoms. The van der Waals surface area contributed by atoms with E-state index in [9.17, 15) is 9.90 Å². The summed E-state index contributed by atoms with van der Waals surface area (Å²) in [6, 6.07) is -0.476. The maximum absolute atomic E-state index is 11.6. The Morgan fingerprint density at radius 3 is 2.38 bits per heavy atom. The first-order valence-corrected chi connectivity index (χ1v) is 6.09. The standard InChI is InChI=1S/C12H26N2O2/c1-5-9(4)11(13)12(16)14-7-10(15)6-8(2)3/h8-11,15H,5-7,13H2,1-4H3,(H,14,16). The van der Waals surface area contributed by atoms with Crippen LogP contribution in [0.5, 0.6) is 0 Å². The first kappa shape index (κ1) is 15.4. The summed E-state index contributed by atoms with van der Waals surface area (Å²) >= 11 is 0. The molecule has 0 aliphatic carbocycles. The molecule has 3 unspecified atom stereocenters. The molecular formula is C12H26N2O2. The Balaban J connectivity index is 3.88. The minimum Gasteiger partial charge on any atom is -0.391 e. The van der Waals surface area contributed by atoms with Gasteiger partial charge in [0.1, 0.15) is 0 Å². The Bertz CT molecular complexity index is 207. The fraction of sp³-hybridized carbons (Fsp3) is 0.917. The van der Waals surface area contributed by atoms with Crippen molar-refractivity contribution in [2.45, 2.75) is 52.7 Å². The normalized spacial score (nSPS) is 16.9. The lowest BCUT2D eigenvalue weighted by atomic mass is 9.99. The number of carbonyl (C=O) groups excluding carboxylic acids is 1. The van der Waals surface area contributed by atoms with Gasteiger partial charge in [0.05, 0.1) is 12.1 Å². The zero-order valence-electron chi connectivity index (χ0n) is 10.9. The molecule has 0 aliphatic rings. The lowest BCUT2D eigenvalue weighted by Crippen LogP contribution is -2.46. The van der Waals surface area contributed by atoms with Crippen molar-refractivity contribution in [2.75, 3.05) is 6.54 Å². The van der Waals surface area contributed by atoms with Crippen molar-refractivity contribution in [3.8, 4) is 0 Å². The molecule has 16 heavy (non-hydrogen) atoms. The summed E-state index contributed by atoms with van der Waals surface area (Å²) in [4.78, 5) is 11.6. The van der Waals surface area contributed by atoms with Crippen molar-refractivity contribution >= 4 is 5.91 Å². The van der Waals surface area contributed by atoms with E-state index >= 15 is 0 Å². The average Bonchev–Trinajstić information content (AvgIpc) is 2.22. The minimum absolute atomic E-state index is 0.169. The number of hydrogen-bond acceptors (Lipinski definition) is 3. The van der Waals surface area contributed by atoms with Crippen LogP contribution in [0.4, 0.5) is 0 Å². The highest BCUT2D eigenvalue weighted by molar-refractivity contribution is 5.81. The van der Waals surface area contributed by atoms with Gasteiger partial charge < -0.3 is 16.2 Å². The molecule has 0 aromatic heterocycles. The second kappa shape index (κ2) is 7.63. The van der Waals surface area contributed by atoms with Crippen LogP contribution in [0, 0.1) is 11.8 Å². The van der Waals surface area contributed by atoms with E-state index in [0.29, 0.717) is 18.9 Å². The van der Waals surface area contributed by atoms with Gasteiger partial charge in [-0.1, -0.05) is 34.1 Å². The van der Waals surface area contributed by atoms with Gasteiger partial charge in [-0.15, -0.1) is 0 Å². The fourth-order valence-electron chi connectivity index (χ4n) is 1.48. The van der Waals surface area contributed by atoms with Gasteiger partial charge in [-0.05, 0) is 18.3 Å². The summed E-state index contributed by atoms with van der Waals surface area (Å²) in [5.74, 6) is 0.425. The van der Waals surface area contributed by atoms with Crippen LogP contribution in [-0.4, -0.2) is 29.7 Å². The van der Waals surface area contributed by atoms with E-state index in [4.69, 9.17) is 5.73 Å². The number of hydrogen-bond donors (Lipinski definition) is 3. The summed E-state index contributed by atoms with van der Waals surface area (Å²) in [5.41, 5.74) is 5.77. The van der Waals surface area contributed by atoms with Gasteiger partial charge in [-0.3, -0.25) is 4.79 Å². The van der Waals surface area contributed by atoms with Gasteiger partial charge >= 0.3 is 0 Å². The molecule has 3 atom stereocenters. The molecule has 0 saturated heterocycles. The predicted molar refractivity (Wildman–Crippen MR) is 65.9 cm³/mol. The number of amides is 1. The van der Waals surface area contributed by atoms with Crippen LogP contribution in [-0.2, 0) is 4.79 Å². The van der Waals surface area contributed by atoms with E-state index in [2.05, 4.69) is 5.32 Å². The monoisotopic (exact) mass is 230 g/mol. The highest BCUT2D eigenvalue weighted by Gasteiger charge is 2.19. The van der Waals surface area contributed by atoms with Gasteiger partial charge in [0, 0.05) is 6.54 Å². The highest BCUT2D eigenvalue weighted by atomic mass is 16.3. The Labute approximate surface area is 98.6 Å². The Morgan fingerprint density at radius 1 is 1.38 bits per heavy atom. The second-order valence-corrected chi connectivity index (χ2v) is 4.94. The van der Waals surface area contributed by atoms with Gasteiger partial charge in [-0.2, -0.15) is 0 Å². The molecular weight excluding hydrogens is 204 g/mol. The van der Waals surface area contributed by atoms with Crippen molar-refractivity contribution in [3.63, 3.8) is 0 Å². The molecule has 4 heteroatoms. The Hall–Kier alpha value is -0.610. The first-order chi connectivity index (χ1) is 7.38. The SMILES string of the molecule is CCC(C)C(N)C(=O)NCC(O)CC(C)C. The third-order valence-corrected chi connectivity index (χ3v) is 2.82. The maximum atomic E-state index is 11.6. The smallest absolute Gasteiger partial charge is 0.237 e. The second-order valence-electron chi connectivity index (χ2n) is 4.94. The number of nitrogens with one attached hydrogen (secondary N) is 1. The van der Waals surface area contributed by atoms with Crippen molar-refractivity contribution < 1.29 is 9.90 Å². The topological polar surface area (TPSA) is 75.4 Å². The van der Waals surface area contributed by atoms with E-state index in [0.717, 1.165) is 6.42 Å². The molecule has 0 aromatic rings. The van der Waals surface area contributed by atoms with Crippen LogP contribution in [0.25, 0.3) is 0 Å². The highest BCUT2D eigenvalue weighted by Crippen LogP contribution is 2.06. The van der Waals surface area contributed by atoms with E-state index < -0.39 is 12.1 Å². The molecule has 0 heterocycles. The fourth-order valence-corrected chi connectivity index (χ4v) is 1.48. The third kappa shape index (κ3) is 6.08. The molecule has 0 saturated carbocycles. The van der Waals surface area contributed by atoms with Crippen molar-refractivity contribution in [1.82, 2.24) is 5.32 Å². The summed E-state index contributed by atoms with van der Waals surface area (Å²) in [6.07, 6.45) is 1.09. The number of rotatable bonds is 7. The molecule has 4 nitrogen and oxygen atoms in total. The third-order valence-electron chi connectivity index (χ3n) is 2.82. The van der Waals surface area contributed by atoms with Crippen LogP contribution >= 0.6 is 0 Å². The van der Waals surface area contributed by atoms with Gasteiger partial charge in [0.15, 0.2) is 0 Å². The summed E-state index contributed by atoms with van der Waals surface area (Å²) in [6.45, 7) is 8.33. The number of nitrogens with two attached hydrogens (primary N) is 1. The molecule has 1 amide bonds. The molecule has 0 radical (unpaired) electrons. The van der Waals surface area contributed by atoms with Crippen molar-refractivity contribution in [3.05, 3.63) is 0 Å². The van der Waals surface area contributed by atoms with Crippen molar-refractivity contribution in [2.24, 2.45) is 17.6 Å². The van der Waals surface area contributed by atoms with Crippen LogP contribution in [0.2, 0.25) is 0 Å². The quantitative estimate of drug-likeness (QED) is 0.608. The van der Waals surface area contributed by atoms with E-state index in [1.807, 2.05) is 27.7 Å². The summed E-state index contributed by atoms with van der Waals surface area (Å²) < 4.78 is 0. The maximum Gasteiger partial charge on any atom is 0.237 e. The molecule has 0 rings (SSSR count). The first-order valence-electron chi connectivity index (χ1n) is 6.09. The predicted octanol–water partition coefficient (Wildman–Crippen LogP) is 0.883. The number of carbonyl (C=O) groups is 1. The van der Waals surface area contributed by atoms with Crippen molar-refractivity contribution in [1.29, 1.82) is 0 Å². The molecule has 0 aliphatic heterocycles. The van der Waals surface area contributed by atoms with Gasteiger partial charge in [0.25, 0.3) is 0 Å². The van der Waals surface area contributed by atoms with E-state index in [1.54, 1.807) is 0 Å². The number of aliphatic hydroxyl groups excluding tert-OH is 1.